The van der Waals surface area contributed by atoms with Crippen molar-refractivity contribution >= 4 is 15.9 Å². The van der Waals surface area contributed by atoms with Crippen molar-refractivity contribution in [3.63, 3.8) is 0 Å². The van der Waals surface area contributed by atoms with E-state index in [9.17, 15) is 13.2 Å². The van der Waals surface area contributed by atoms with Gasteiger partial charge in [-0.2, -0.15) is 0 Å². The van der Waals surface area contributed by atoms with E-state index in [2.05, 4.69) is 4.98 Å². The molecule has 102 valence electrons. The molecule has 0 spiro atoms. The maximum Gasteiger partial charge on any atom is 0.270 e. The summed E-state index contributed by atoms with van der Waals surface area (Å²) in [6.07, 6.45) is 2.01. The van der Waals surface area contributed by atoms with Gasteiger partial charge in [0.1, 0.15) is 5.69 Å². The first-order chi connectivity index (χ1) is 8.09. The molecule has 1 amide bonds. The summed E-state index contributed by atoms with van der Waals surface area (Å²) in [5.74, 6) is -0.267. The maximum absolute atomic E-state index is 12.1. The van der Waals surface area contributed by atoms with Crippen LogP contribution in [0.15, 0.2) is 17.2 Å². The van der Waals surface area contributed by atoms with Crippen LogP contribution in [0, 0.1) is 0 Å². The number of nitrogens with zero attached hydrogens (tertiary/aromatic N) is 1. The van der Waals surface area contributed by atoms with Gasteiger partial charge in [-0.3, -0.25) is 4.79 Å². The molecule has 0 aliphatic rings. The molecule has 1 aromatic rings. The van der Waals surface area contributed by atoms with Gasteiger partial charge >= 0.3 is 0 Å². The van der Waals surface area contributed by atoms with Crippen LogP contribution in [0.25, 0.3) is 0 Å². The third-order valence-electron chi connectivity index (χ3n) is 3.29. The van der Waals surface area contributed by atoms with Gasteiger partial charge in [0.25, 0.3) is 5.91 Å². The Kier molecular flexibility index (Phi) is 3.87. The number of amides is 1. The van der Waals surface area contributed by atoms with E-state index in [1.807, 2.05) is 20.8 Å². The SMILES string of the molecule is CCC(C)(C)N(C)C(=O)c1cc(S(N)(=O)=O)c[nH]1. The standard InChI is InChI=1S/C11H19N3O3S/c1-5-11(2,3)14(4)10(15)9-6-8(7-13-9)18(12,16)17/h6-7,13H,5H2,1-4H3,(H2,12,16,17). The minimum atomic E-state index is -3.78. The maximum atomic E-state index is 12.1. The largest absolute Gasteiger partial charge is 0.356 e. The number of hydrogen-bond donors (Lipinski definition) is 2. The molecule has 0 saturated heterocycles. The molecule has 0 aliphatic carbocycles. The lowest BCUT2D eigenvalue weighted by Crippen LogP contribution is -2.44. The minimum absolute atomic E-state index is 0.0893. The van der Waals surface area contributed by atoms with Crippen LogP contribution in [0.4, 0.5) is 0 Å². The van der Waals surface area contributed by atoms with Crippen LogP contribution in [0.3, 0.4) is 0 Å². The average molecular weight is 273 g/mol. The van der Waals surface area contributed by atoms with E-state index in [1.165, 1.54) is 12.3 Å². The van der Waals surface area contributed by atoms with E-state index in [1.54, 1.807) is 11.9 Å². The van der Waals surface area contributed by atoms with E-state index in [-0.39, 0.29) is 22.0 Å². The Morgan fingerprint density at radius 1 is 1.50 bits per heavy atom. The summed E-state index contributed by atoms with van der Waals surface area (Å²) in [5, 5.41) is 4.99. The predicted octanol–water partition coefficient (Wildman–Crippen LogP) is 0.923. The molecule has 18 heavy (non-hydrogen) atoms. The van der Waals surface area contributed by atoms with E-state index >= 15 is 0 Å². The zero-order valence-electron chi connectivity index (χ0n) is 11.0. The molecule has 1 heterocycles. The smallest absolute Gasteiger partial charge is 0.270 e. The Balaban J connectivity index is 3.03. The molecule has 0 atom stereocenters. The summed E-state index contributed by atoms with van der Waals surface area (Å²) in [6.45, 7) is 5.86. The van der Waals surface area contributed by atoms with Gasteiger partial charge in [0.05, 0.1) is 4.90 Å². The van der Waals surface area contributed by atoms with Crippen molar-refractivity contribution in [2.75, 3.05) is 7.05 Å². The number of hydrogen-bond acceptors (Lipinski definition) is 3. The second-order valence-electron chi connectivity index (χ2n) is 4.82. The van der Waals surface area contributed by atoms with E-state index in [4.69, 9.17) is 5.14 Å². The molecule has 7 heteroatoms. The van der Waals surface area contributed by atoms with Crippen LogP contribution in [0.1, 0.15) is 37.7 Å². The summed E-state index contributed by atoms with van der Waals surface area (Å²) >= 11 is 0. The zero-order chi connectivity index (χ0) is 14.1. The van der Waals surface area contributed by atoms with Gasteiger partial charge in [-0.25, -0.2) is 13.6 Å². The van der Waals surface area contributed by atoms with Crippen LogP contribution in [0.5, 0.6) is 0 Å². The van der Waals surface area contributed by atoms with E-state index in [0.717, 1.165) is 6.42 Å². The van der Waals surface area contributed by atoms with Crippen LogP contribution in [0.2, 0.25) is 0 Å². The number of aromatic amines is 1. The van der Waals surface area contributed by atoms with Gasteiger partial charge in [0.2, 0.25) is 10.0 Å². The van der Waals surface area contributed by atoms with Crippen LogP contribution >= 0.6 is 0 Å². The molecule has 0 aromatic carbocycles. The molecule has 0 bridgehead atoms. The van der Waals surface area contributed by atoms with Crippen molar-refractivity contribution in [2.45, 2.75) is 37.6 Å². The Bertz CT molecular complexity index is 546. The van der Waals surface area contributed by atoms with Crippen LogP contribution in [-0.4, -0.2) is 36.8 Å². The van der Waals surface area contributed by atoms with E-state index < -0.39 is 10.0 Å². The van der Waals surface area contributed by atoms with Crippen molar-refractivity contribution in [3.05, 3.63) is 18.0 Å². The minimum Gasteiger partial charge on any atom is -0.356 e. The number of carbonyl (C=O) groups is 1. The summed E-state index contributed by atoms with van der Waals surface area (Å²) in [7, 11) is -2.10. The van der Waals surface area contributed by atoms with Crippen LogP contribution < -0.4 is 5.14 Å². The highest BCUT2D eigenvalue weighted by Gasteiger charge is 2.27. The number of rotatable bonds is 4. The number of sulfonamides is 1. The highest BCUT2D eigenvalue weighted by molar-refractivity contribution is 7.89. The number of aromatic nitrogens is 1. The topological polar surface area (TPSA) is 96.3 Å². The van der Waals surface area contributed by atoms with Crippen molar-refractivity contribution in [1.82, 2.24) is 9.88 Å². The van der Waals surface area contributed by atoms with Gasteiger partial charge in [0.15, 0.2) is 0 Å². The van der Waals surface area contributed by atoms with Gasteiger partial charge < -0.3 is 9.88 Å². The number of primary sulfonamides is 1. The number of carbonyl (C=O) groups excluding carboxylic acids is 1. The molecule has 1 rings (SSSR count). The molecule has 0 fully saturated rings. The monoisotopic (exact) mass is 273 g/mol. The molecule has 0 aliphatic heterocycles. The van der Waals surface area contributed by atoms with Crippen LogP contribution in [-0.2, 0) is 10.0 Å². The highest BCUT2D eigenvalue weighted by atomic mass is 32.2. The first-order valence-electron chi connectivity index (χ1n) is 5.59. The molecule has 0 saturated carbocycles. The molecule has 6 nitrogen and oxygen atoms in total. The fourth-order valence-electron chi connectivity index (χ4n) is 1.35. The lowest BCUT2D eigenvalue weighted by molar-refractivity contribution is 0.0615. The molecule has 1 aromatic heterocycles. The molecule has 0 radical (unpaired) electrons. The van der Waals surface area contributed by atoms with Gasteiger partial charge in [-0.1, -0.05) is 6.92 Å². The Labute approximate surface area is 107 Å². The first-order valence-corrected chi connectivity index (χ1v) is 7.13. The third-order valence-corrected chi connectivity index (χ3v) is 4.19. The second kappa shape index (κ2) is 4.74. The molecule has 3 N–H and O–H groups in total. The lowest BCUT2D eigenvalue weighted by atomic mass is 10.00. The Hall–Kier alpha value is -1.34. The number of nitrogens with two attached hydrogens (primary N) is 1. The Morgan fingerprint density at radius 3 is 2.44 bits per heavy atom. The highest BCUT2D eigenvalue weighted by Crippen LogP contribution is 2.19. The normalized spacial score (nSPS) is 12.5. The quantitative estimate of drug-likeness (QED) is 0.853. The molecular weight excluding hydrogens is 254 g/mol. The number of nitrogens with one attached hydrogen (secondary N) is 1. The number of H-pyrrole nitrogens is 1. The summed E-state index contributed by atoms with van der Waals surface area (Å²) in [5.41, 5.74) is -0.0905. The van der Waals surface area contributed by atoms with Crippen molar-refractivity contribution in [3.8, 4) is 0 Å². The van der Waals surface area contributed by atoms with Crippen molar-refractivity contribution in [1.29, 1.82) is 0 Å². The lowest BCUT2D eigenvalue weighted by Gasteiger charge is -2.34. The fourth-order valence-corrected chi connectivity index (χ4v) is 1.86. The third kappa shape index (κ3) is 2.91. The predicted molar refractivity (Wildman–Crippen MR) is 68.6 cm³/mol. The molecule has 0 unspecified atom stereocenters. The van der Waals surface area contributed by atoms with Crippen molar-refractivity contribution < 1.29 is 13.2 Å². The first kappa shape index (κ1) is 14.7. The second-order valence-corrected chi connectivity index (χ2v) is 6.39. The fraction of sp³-hybridized carbons (Fsp3) is 0.545. The summed E-state index contributed by atoms with van der Waals surface area (Å²) < 4.78 is 22.2. The van der Waals surface area contributed by atoms with Crippen molar-refractivity contribution in [2.24, 2.45) is 5.14 Å². The van der Waals surface area contributed by atoms with Gasteiger partial charge in [0, 0.05) is 18.8 Å². The van der Waals surface area contributed by atoms with Gasteiger partial charge in [-0.15, -0.1) is 0 Å². The van der Waals surface area contributed by atoms with Gasteiger partial charge in [-0.05, 0) is 26.3 Å². The van der Waals surface area contributed by atoms with E-state index in [0.29, 0.717) is 0 Å². The molecular formula is C11H19N3O3S. The summed E-state index contributed by atoms with van der Waals surface area (Å²) in [6, 6.07) is 1.25. The Morgan fingerprint density at radius 2 is 2.06 bits per heavy atom. The average Bonchev–Trinajstić information content (AvgIpc) is 2.75. The zero-order valence-corrected chi connectivity index (χ0v) is 11.8. The summed E-state index contributed by atoms with van der Waals surface area (Å²) in [4.78, 5) is 16.3.